The van der Waals surface area contributed by atoms with Gasteiger partial charge in [-0.3, -0.25) is 4.79 Å². The molecule has 1 aliphatic rings. The highest BCUT2D eigenvalue weighted by atomic mass is 19.2. The average molecular weight is 266 g/mol. The predicted octanol–water partition coefficient (Wildman–Crippen LogP) is 2.62. The van der Waals surface area contributed by atoms with E-state index in [4.69, 9.17) is 5.53 Å². The van der Waals surface area contributed by atoms with Gasteiger partial charge in [-0.1, -0.05) is 11.2 Å². The third-order valence-corrected chi connectivity index (χ3v) is 3.06. The van der Waals surface area contributed by atoms with Crippen LogP contribution in [-0.2, 0) is 11.3 Å². The molecule has 1 aromatic carbocycles. The maximum Gasteiger partial charge on any atom is 0.223 e. The second kappa shape index (κ2) is 5.67. The smallest absolute Gasteiger partial charge is 0.223 e. The van der Waals surface area contributed by atoms with Crippen LogP contribution in [0.4, 0.5) is 8.78 Å². The van der Waals surface area contributed by atoms with E-state index in [9.17, 15) is 13.6 Å². The summed E-state index contributed by atoms with van der Waals surface area (Å²) in [5.41, 5.74) is 8.77. The van der Waals surface area contributed by atoms with Gasteiger partial charge in [0.05, 0.1) is 0 Å². The van der Waals surface area contributed by atoms with Crippen LogP contribution in [0.3, 0.4) is 0 Å². The van der Waals surface area contributed by atoms with Gasteiger partial charge in [0, 0.05) is 31.0 Å². The van der Waals surface area contributed by atoms with E-state index in [0.717, 1.165) is 12.1 Å². The highest BCUT2D eigenvalue weighted by Gasteiger charge is 2.28. The van der Waals surface area contributed by atoms with Crippen LogP contribution in [0.1, 0.15) is 12.0 Å². The summed E-state index contributed by atoms with van der Waals surface area (Å²) in [5, 5.41) is 3.45. The number of carbonyl (C=O) groups excluding carboxylic acids is 1. The van der Waals surface area contributed by atoms with Gasteiger partial charge in [-0.25, -0.2) is 8.78 Å². The molecule has 1 heterocycles. The van der Waals surface area contributed by atoms with Gasteiger partial charge in [-0.15, -0.1) is 0 Å². The molecule has 1 aromatic rings. The number of hydrogen-bond donors (Lipinski definition) is 0. The molecule has 0 radical (unpaired) electrons. The van der Waals surface area contributed by atoms with Crippen molar-refractivity contribution in [1.82, 2.24) is 4.90 Å². The number of likely N-dealkylation sites (tertiary alicyclic amines) is 1. The first-order valence-corrected chi connectivity index (χ1v) is 5.82. The number of nitrogens with zero attached hydrogens (tertiary/aromatic N) is 4. The standard InChI is InChI=1S/C12H12F2N4O/c13-10-2-1-8(3-11(10)14)6-18-7-9(4-12(18)19)5-16-17-15/h1-3,9H,4-7H2. The minimum absolute atomic E-state index is 0.00584. The van der Waals surface area contributed by atoms with Gasteiger partial charge in [0.15, 0.2) is 11.6 Å². The maximum absolute atomic E-state index is 13.1. The Morgan fingerprint density at radius 3 is 2.89 bits per heavy atom. The lowest BCUT2D eigenvalue weighted by molar-refractivity contribution is -0.128. The fourth-order valence-corrected chi connectivity index (χ4v) is 2.14. The Labute approximate surface area is 108 Å². The summed E-state index contributed by atoms with van der Waals surface area (Å²) in [7, 11) is 0. The number of amides is 1. The van der Waals surface area contributed by atoms with Gasteiger partial charge in [-0.2, -0.15) is 0 Å². The molecule has 1 saturated heterocycles. The molecular formula is C12H12F2N4O. The monoisotopic (exact) mass is 266 g/mol. The topological polar surface area (TPSA) is 69.1 Å². The van der Waals surface area contributed by atoms with E-state index in [1.165, 1.54) is 6.07 Å². The van der Waals surface area contributed by atoms with Gasteiger partial charge < -0.3 is 4.90 Å². The quantitative estimate of drug-likeness (QED) is 0.469. The van der Waals surface area contributed by atoms with Gasteiger partial charge >= 0.3 is 0 Å². The molecule has 5 nitrogen and oxygen atoms in total. The van der Waals surface area contributed by atoms with E-state index in [1.807, 2.05) is 0 Å². The molecule has 0 spiro atoms. The molecule has 0 bridgehead atoms. The summed E-state index contributed by atoms with van der Waals surface area (Å²) in [4.78, 5) is 15.9. The fourth-order valence-electron chi connectivity index (χ4n) is 2.14. The van der Waals surface area contributed by atoms with E-state index >= 15 is 0 Å². The molecule has 1 atom stereocenters. The number of azide groups is 1. The Balaban J connectivity index is 2.01. The average Bonchev–Trinajstić information content (AvgIpc) is 2.72. The van der Waals surface area contributed by atoms with Crippen molar-refractivity contribution < 1.29 is 13.6 Å². The molecule has 0 aromatic heterocycles. The number of rotatable bonds is 4. The predicted molar refractivity (Wildman–Crippen MR) is 63.9 cm³/mol. The summed E-state index contributed by atoms with van der Waals surface area (Å²) in [6.45, 7) is 0.982. The first-order chi connectivity index (χ1) is 9.10. The van der Waals surface area contributed by atoms with Crippen LogP contribution >= 0.6 is 0 Å². The minimum atomic E-state index is -0.922. The first-order valence-electron chi connectivity index (χ1n) is 5.82. The van der Waals surface area contributed by atoms with Crippen LogP contribution in [-0.4, -0.2) is 23.9 Å². The van der Waals surface area contributed by atoms with Crippen LogP contribution in [0.15, 0.2) is 23.3 Å². The lowest BCUT2D eigenvalue weighted by atomic mass is 10.1. The molecule has 1 aliphatic heterocycles. The fraction of sp³-hybridized carbons (Fsp3) is 0.417. The van der Waals surface area contributed by atoms with Crippen LogP contribution in [0.5, 0.6) is 0 Å². The van der Waals surface area contributed by atoms with Crippen molar-refractivity contribution >= 4 is 5.91 Å². The van der Waals surface area contributed by atoms with Crippen molar-refractivity contribution in [3.8, 4) is 0 Å². The molecule has 2 rings (SSSR count). The van der Waals surface area contributed by atoms with Gasteiger partial charge in [0.2, 0.25) is 5.91 Å². The minimum Gasteiger partial charge on any atom is -0.338 e. The molecule has 0 aliphatic carbocycles. The Kier molecular flexibility index (Phi) is 3.97. The van der Waals surface area contributed by atoms with E-state index in [2.05, 4.69) is 10.0 Å². The second-order valence-corrected chi connectivity index (χ2v) is 4.51. The second-order valence-electron chi connectivity index (χ2n) is 4.51. The van der Waals surface area contributed by atoms with Crippen LogP contribution < -0.4 is 0 Å². The molecular weight excluding hydrogens is 254 g/mol. The normalized spacial score (nSPS) is 18.5. The lowest BCUT2D eigenvalue weighted by Crippen LogP contribution is -2.24. The zero-order valence-corrected chi connectivity index (χ0v) is 10.1. The molecule has 100 valence electrons. The van der Waals surface area contributed by atoms with Gasteiger partial charge in [0.1, 0.15) is 0 Å². The van der Waals surface area contributed by atoms with E-state index in [1.54, 1.807) is 4.90 Å². The Morgan fingerprint density at radius 1 is 1.42 bits per heavy atom. The number of carbonyl (C=O) groups is 1. The molecule has 1 fully saturated rings. The summed E-state index contributed by atoms with van der Waals surface area (Å²) >= 11 is 0. The first kappa shape index (κ1) is 13.3. The summed E-state index contributed by atoms with van der Waals surface area (Å²) < 4.78 is 25.8. The van der Waals surface area contributed by atoms with E-state index < -0.39 is 11.6 Å². The lowest BCUT2D eigenvalue weighted by Gasteiger charge is -2.16. The molecule has 19 heavy (non-hydrogen) atoms. The van der Waals surface area contributed by atoms with Crippen molar-refractivity contribution in [1.29, 1.82) is 0 Å². The molecule has 0 N–H and O–H groups in total. The molecule has 0 saturated carbocycles. The van der Waals surface area contributed by atoms with Crippen molar-refractivity contribution in [2.24, 2.45) is 11.0 Å². The zero-order chi connectivity index (χ0) is 13.8. The maximum atomic E-state index is 13.1. The van der Waals surface area contributed by atoms with Gasteiger partial charge in [0.25, 0.3) is 0 Å². The zero-order valence-electron chi connectivity index (χ0n) is 10.1. The van der Waals surface area contributed by atoms with E-state index in [-0.39, 0.29) is 24.9 Å². The molecule has 1 amide bonds. The number of hydrogen-bond acceptors (Lipinski definition) is 2. The van der Waals surface area contributed by atoms with E-state index in [0.29, 0.717) is 18.5 Å². The highest BCUT2D eigenvalue weighted by molar-refractivity contribution is 5.78. The largest absolute Gasteiger partial charge is 0.338 e. The summed E-state index contributed by atoms with van der Waals surface area (Å²) in [6, 6.07) is 3.58. The number of halogens is 2. The molecule has 7 heteroatoms. The van der Waals surface area contributed by atoms with Crippen molar-refractivity contribution in [2.75, 3.05) is 13.1 Å². The number of benzene rings is 1. The van der Waals surface area contributed by atoms with Crippen molar-refractivity contribution in [2.45, 2.75) is 13.0 Å². The summed E-state index contributed by atoms with van der Waals surface area (Å²) in [5.74, 6) is -1.90. The van der Waals surface area contributed by atoms with Crippen LogP contribution in [0.25, 0.3) is 10.4 Å². The SMILES string of the molecule is [N-]=[N+]=NCC1CC(=O)N(Cc2ccc(F)c(F)c2)C1. The van der Waals surface area contributed by atoms with Gasteiger partial charge in [-0.05, 0) is 29.1 Å². The highest BCUT2D eigenvalue weighted by Crippen LogP contribution is 2.21. The Hall–Kier alpha value is -2.14. The summed E-state index contributed by atoms with van der Waals surface area (Å²) in [6.07, 6.45) is 0.322. The van der Waals surface area contributed by atoms with Crippen LogP contribution in [0.2, 0.25) is 0 Å². The third-order valence-electron chi connectivity index (χ3n) is 3.06. The van der Waals surface area contributed by atoms with Crippen molar-refractivity contribution in [3.05, 3.63) is 45.8 Å². The molecule has 1 unspecified atom stereocenters. The Morgan fingerprint density at radius 2 is 2.21 bits per heavy atom. The third kappa shape index (κ3) is 3.20. The van der Waals surface area contributed by atoms with Crippen LogP contribution in [0, 0.1) is 17.6 Å². The Bertz CT molecular complexity index is 543. The van der Waals surface area contributed by atoms with Crippen molar-refractivity contribution in [3.63, 3.8) is 0 Å².